The van der Waals surface area contributed by atoms with E-state index in [-0.39, 0.29) is 0 Å². The number of nitrogens with zero attached hydrogens (tertiary/aromatic N) is 2. The van der Waals surface area contributed by atoms with Crippen LogP contribution in [-0.4, -0.2) is 38.5 Å². The maximum atomic E-state index is 12.3. The molecule has 0 heterocycles. The monoisotopic (exact) mass is 430 g/mol. The molecule has 3 rings (SSSR count). The maximum absolute atomic E-state index is 12.3. The third kappa shape index (κ3) is 5.79. The van der Waals surface area contributed by atoms with Gasteiger partial charge in [-0.1, -0.05) is 24.3 Å². The van der Waals surface area contributed by atoms with Crippen molar-refractivity contribution < 1.29 is 19.1 Å². The average Bonchev–Trinajstić information content (AvgIpc) is 2.84. The van der Waals surface area contributed by atoms with E-state index >= 15 is 0 Å². The molecule has 8 heteroatoms. The van der Waals surface area contributed by atoms with Gasteiger partial charge in [-0.05, 0) is 48.5 Å². The lowest BCUT2D eigenvalue weighted by atomic mass is 10.1. The number of hydrazone groups is 2. The van der Waals surface area contributed by atoms with Crippen LogP contribution < -0.4 is 20.3 Å². The van der Waals surface area contributed by atoms with Crippen LogP contribution in [0, 0.1) is 0 Å². The normalized spacial score (nSPS) is 10.8. The van der Waals surface area contributed by atoms with Gasteiger partial charge >= 0.3 is 0 Å². The molecule has 0 unspecified atom stereocenters. The Balaban J connectivity index is 1.56. The molecule has 0 aliphatic heterocycles. The summed E-state index contributed by atoms with van der Waals surface area (Å²) in [6.07, 6.45) is 3.00. The first-order valence-electron chi connectivity index (χ1n) is 9.65. The number of carbonyl (C=O) groups excluding carboxylic acids is 2. The van der Waals surface area contributed by atoms with Crippen LogP contribution in [0.3, 0.4) is 0 Å². The molecule has 8 nitrogen and oxygen atoms in total. The molecule has 2 amide bonds. The Hall–Kier alpha value is -4.46. The van der Waals surface area contributed by atoms with Crippen LogP contribution in [0.4, 0.5) is 0 Å². The summed E-state index contributed by atoms with van der Waals surface area (Å²) in [5.41, 5.74) is 7.08. The van der Waals surface area contributed by atoms with Gasteiger partial charge in [-0.15, -0.1) is 0 Å². The summed E-state index contributed by atoms with van der Waals surface area (Å²) in [7, 11) is 3.12. The second kappa shape index (κ2) is 11.1. The van der Waals surface area contributed by atoms with Crippen LogP contribution >= 0.6 is 0 Å². The minimum Gasteiger partial charge on any atom is -0.496 e. The highest BCUT2D eigenvalue weighted by molar-refractivity contribution is 5.98. The number of amides is 2. The summed E-state index contributed by atoms with van der Waals surface area (Å²) in [4.78, 5) is 24.5. The smallest absolute Gasteiger partial charge is 0.271 e. The second-order valence-electron chi connectivity index (χ2n) is 6.46. The standard InChI is InChI=1S/C24H22N4O4/c1-31-21-9-5-3-7-19(21)15-25-27-23(29)17-11-13-18(14-12-17)24(30)28-26-16-20-8-4-6-10-22(20)32-2/h3-16H,1-2H3,(H,27,29)(H,28,30)/b25-15+,26-16+. The molecule has 0 aliphatic rings. The van der Waals surface area contributed by atoms with Gasteiger partial charge in [-0.25, -0.2) is 10.9 Å². The van der Waals surface area contributed by atoms with E-state index in [9.17, 15) is 9.59 Å². The lowest BCUT2D eigenvalue weighted by molar-refractivity contribution is 0.0943. The SMILES string of the molecule is COc1ccccc1/C=N/NC(=O)c1ccc(C(=O)N/N=C/c2ccccc2OC)cc1. The molecular weight excluding hydrogens is 408 g/mol. The fourth-order valence-corrected chi connectivity index (χ4v) is 2.77. The zero-order valence-corrected chi connectivity index (χ0v) is 17.6. The van der Waals surface area contributed by atoms with E-state index in [4.69, 9.17) is 9.47 Å². The lowest BCUT2D eigenvalue weighted by Crippen LogP contribution is -2.19. The van der Waals surface area contributed by atoms with Crippen LogP contribution in [-0.2, 0) is 0 Å². The summed E-state index contributed by atoms with van der Waals surface area (Å²) in [6, 6.07) is 20.7. The van der Waals surface area contributed by atoms with Crippen molar-refractivity contribution in [3.63, 3.8) is 0 Å². The van der Waals surface area contributed by atoms with Crippen LogP contribution in [0.2, 0.25) is 0 Å². The summed E-state index contributed by atoms with van der Waals surface area (Å²) >= 11 is 0. The van der Waals surface area contributed by atoms with Crippen molar-refractivity contribution in [2.75, 3.05) is 14.2 Å². The van der Waals surface area contributed by atoms with Gasteiger partial charge in [0.15, 0.2) is 0 Å². The van der Waals surface area contributed by atoms with Gasteiger partial charge in [0.25, 0.3) is 11.8 Å². The van der Waals surface area contributed by atoms with E-state index in [2.05, 4.69) is 21.1 Å². The molecule has 0 spiro atoms. The molecular formula is C24H22N4O4. The number of methoxy groups -OCH3 is 2. The van der Waals surface area contributed by atoms with Crippen LogP contribution in [0.1, 0.15) is 31.8 Å². The molecule has 162 valence electrons. The second-order valence-corrected chi connectivity index (χ2v) is 6.46. The van der Waals surface area contributed by atoms with Crippen molar-refractivity contribution in [3.05, 3.63) is 95.1 Å². The van der Waals surface area contributed by atoms with E-state index in [0.29, 0.717) is 22.6 Å². The highest BCUT2D eigenvalue weighted by Crippen LogP contribution is 2.15. The predicted molar refractivity (Wildman–Crippen MR) is 123 cm³/mol. The Labute approximate surface area is 185 Å². The quantitative estimate of drug-likeness (QED) is 0.423. The molecule has 0 fully saturated rings. The predicted octanol–water partition coefficient (Wildman–Crippen LogP) is 3.23. The third-order valence-electron chi connectivity index (χ3n) is 4.43. The number of benzene rings is 3. The number of rotatable bonds is 8. The largest absolute Gasteiger partial charge is 0.496 e. The molecule has 0 radical (unpaired) electrons. The van der Waals surface area contributed by atoms with Gasteiger partial charge in [0, 0.05) is 22.3 Å². The number of ether oxygens (including phenoxy) is 2. The molecule has 0 saturated carbocycles. The molecule has 2 N–H and O–H groups in total. The molecule has 3 aromatic carbocycles. The van der Waals surface area contributed by atoms with Crippen LogP contribution in [0.5, 0.6) is 11.5 Å². The van der Waals surface area contributed by atoms with E-state index in [1.165, 1.54) is 36.7 Å². The average molecular weight is 430 g/mol. The topological polar surface area (TPSA) is 101 Å². The number of hydrogen-bond acceptors (Lipinski definition) is 6. The minimum atomic E-state index is -0.405. The van der Waals surface area contributed by atoms with Gasteiger partial charge in [0.05, 0.1) is 26.6 Å². The summed E-state index contributed by atoms with van der Waals surface area (Å²) in [5, 5.41) is 7.91. The summed E-state index contributed by atoms with van der Waals surface area (Å²) in [6.45, 7) is 0. The number of para-hydroxylation sites is 2. The Bertz CT molecular complexity index is 1050. The van der Waals surface area contributed by atoms with Gasteiger partial charge in [-0.2, -0.15) is 10.2 Å². The number of carbonyl (C=O) groups is 2. The zero-order chi connectivity index (χ0) is 22.8. The van der Waals surface area contributed by atoms with Gasteiger partial charge in [0.1, 0.15) is 11.5 Å². The van der Waals surface area contributed by atoms with Crippen molar-refractivity contribution in [3.8, 4) is 11.5 Å². The first kappa shape index (κ1) is 22.2. The van der Waals surface area contributed by atoms with Gasteiger partial charge in [-0.3, -0.25) is 9.59 Å². The third-order valence-corrected chi connectivity index (χ3v) is 4.43. The van der Waals surface area contributed by atoms with Crippen molar-refractivity contribution in [2.24, 2.45) is 10.2 Å². The molecule has 0 saturated heterocycles. The molecule has 3 aromatic rings. The lowest BCUT2D eigenvalue weighted by Gasteiger charge is -2.05. The summed E-state index contributed by atoms with van der Waals surface area (Å²) in [5.74, 6) is 0.484. The van der Waals surface area contributed by atoms with E-state index in [1.54, 1.807) is 26.4 Å². The Kier molecular flexibility index (Phi) is 7.69. The highest BCUT2D eigenvalue weighted by Gasteiger charge is 2.08. The Morgan fingerprint density at radius 1 is 0.656 bits per heavy atom. The van der Waals surface area contributed by atoms with Crippen molar-refractivity contribution in [1.82, 2.24) is 10.9 Å². The zero-order valence-electron chi connectivity index (χ0n) is 17.6. The Morgan fingerprint density at radius 2 is 1.03 bits per heavy atom. The molecule has 0 aliphatic carbocycles. The van der Waals surface area contributed by atoms with Gasteiger partial charge < -0.3 is 9.47 Å². The summed E-state index contributed by atoms with van der Waals surface area (Å²) < 4.78 is 10.5. The highest BCUT2D eigenvalue weighted by atomic mass is 16.5. The van der Waals surface area contributed by atoms with E-state index in [1.807, 2.05) is 36.4 Å². The Morgan fingerprint density at radius 3 is 1.41 bits per heavy atom. The van der Waals surface area contributed by atoms with Crippen molar-refractivity contribution >= 4 is 24.2 Å². The fraction of sp³-hybridized carbons (Fsp3) is 0.0833. The van der Waals surface area contributed by atoms with Crippen molar-refractivity contribution in [2.45, 2.75) is 0 Å². The minimum absolute atomic E-state index is 0.358. The number of nitrogens with one attached hydrogen (secondary N) is 2. The van der Waals surface area contributed by atoms with Gasteiger partial charge in [0.2, 0.25) is 0 Å². The van der Waals surface area contributed by atoms with E-state index in [0.717, 1.165) is 11.1 Å². The molecule has 0 bridgehead atoms. The fourth-order valence-electron chi connectivity index (χ4n) is 2.77. The first-order valence-corrected chi connectivity index (χ1v) is 9.65. The van der Waals surface area contributed by atoms with Crippen LogP contribution in [0.25, 0.3) is 0 Å². The number of hydrogen-bond donors (Lipinski definition) is 2. The van der Waals surface area contributed by atoms with E-state index < -0.39 is 11.8 Å². The van der Waals surface area contributed by atoms with Crippen LogP contribution in [0.15, 0.2) is 83.0 Å². The maximum Gasteiger partial charge on any atom is 0.271 e. The first-order chi connectivity index (χ1) is 15.6. The molecule has 32 heavy (non-hydrogen) atoms. The molecule has 0 atom stereocenters. The van der Waals surface area contributed by atoms with Crippen molar-refractivity contribution in [1.29, 1.82) is 0 Å². The molecule has 0 aromatic heterocycles.